The summed E-state index contributed by atoms with van der Waals surface area (Å²) in [5, 5.41) is 21.1. The molecule has 6 nitrogen and oxygen atoms in total. The summed E-state index contributed by atoms with van der Waals surface area (Å²) in [5.74, 6) is 0. The van der Waals surface area contributed by atoms with Crippen molar-refractivity contribution in [3.63, 3.8) is 0 Å². The molecular weight excluding hydrogens is 342 g/mol. The van der Waals surface area contributed by atoms with Crippen LogP contribution in [0.1, 0.15) is 23.6 Å². The highest BCUT2D eigenvalue weighted by Gasteiger charge is 2.26. The molecule has 0 saturated carbocycles. The van der Waals surface area contributed by atoms with E-state index in [1.54, 1.807) is 12.1 Å². The molecule has 0 unspecified atom stereocenters. The van der Waals surface area contributed by atoms with Crippen molar-refractivity contribution in [2.45, 2.75) is 25.0 Å². The van der Waals surface area contributed by atoms with Gasteiger partial charge in [0.15, 0.2) is 0 Å². The largest absolute Gasteiger partial charge is 0.392 e. The lowest BCUT2D eigenvalue weighted by Gasteiger charge is -2.32. The van der Waals surface area contributed by atoms with Crippen molar-refractivity contribution in [3.05, 3.63) is 75.8 Å². The van der Waals surface area contributed by atoms with Crippen molar-refractivity contribution >= 4 is 5.69 Å². The summed E-state index contributed by atoms with van der Waals surface area (Å²) in [6.45, 7) is 3.18. The molecule has 1 fully saturated rings. The Morgan fingerprint density at radius 3 is 2.59 bits per heavy atom. The van der Waals surface area contributed by atoms with Crippen molar-refractivity contribution in [1.29, 1.82) is 0 Å². The summed E-state index contributed by atoms with van der Waals surface area (Å²) in [7, 11) is 2.07. The second-order valence-electron chi connectivity index (χ2n) is 7.24. The highest BCUT2D eigenvalue weighted by atomic mass is 16.6. The van der Waals surface area contributed by atoms with Crippen LogP contribution in [0.4, 0.5) is 5.69 Å². The quantitative estimate of drug-likeness (QED) is 0.572. The number of nitro benzene ring substituents is 1. The van der Waals surface area contributed by atoms with Crippen molar-refractivity contribution in [2.24, 2.45) is 0 Å². The second-order valence-corrected chi connectivity index (χ2v) is 7.24. The molecule has 1 heterocycles. The third-order valence-corrected chi connectivity index (χ3v) is 5.32. The number of nitrogens with zero attached hydrogens (tertiary/aromatic N) is 3. The fraction of sp³-hybridized carbons (Fsp3) is 0.429. The molecule has 3 rings (SSSR count). The fourth-order valence-electron chi connectivity index (χ4n) is 3.75. The van der Waals surface area contributed by atoms with Crippen molar-refractivity contribution in [3.8, 4) is 0 Å². The second kappa shape index (κ2) is 9.08. The van der Waals surface area contributed by atoms with Crippen LogP contribution >= 0.6 is 0 Å². The van der Waals surface area contributed by atoms with Crippen LogP contribution in [0, 0.1) is 10.1 Å². The van der Waals surface area contributed by atoms with Gasteiger partial charge in [-0.05, 0) is 25.5 Å². The first-order valence-electron chi connectivity index (χ1n) is 9.42. The number of likely N-dealkylation sites (N-methyl/N-ethyl adjacent to an activating group) is 1. The first kappa shape index (κ1) is 19.5. The van der Waals surface area contributed by atoms with Crippen LogP contribution in [0.15, 0.2) is 54.6 Å². The van der Waals surface area contributed by atoms with Gasteiger partial charge in [-0.1, -0.05) is 48.5 Å². The molecule has 144 valence electrons. The number of β-amino-alcohol motifs (C(OH)–C–C–N with tert-alkyl or cyclic N) is 1. The summed E-state index contributed by atoms with van der Waals surface area (Å²) in [6, 6.07) is 17.5. The average Bonchev–Trinajstić information content (AvgIpc) is 3.10. The van der Waals surface area contributed by atoms with Crippen LogP contribution in [0.2, 0.25) is 0 Å². The number of likely N-dealkylation sites (tertiary alicyclic amines) is 1. The van der Waals surface area contributed by atoms with E-state index in [2.05, 4.69) is 29.0 Å². The van der Waals surface area contributed by atoms with E-state index in [4.69, 9.17) is 0 Å². The molecule has 0 aromatic heterocycles. The number of aliphatic hydroxyl groups is 1. The molecule has 0 radical (unpaired) electrons. The normalized spacial score (nSPS) is 18.7. The smallest absolute Gasteiger partial charge is 0.272 e. The van der Waals surface area contributed by atoms with Crippen molar-refractivity contribution in [1.82, 2.24) is 9.80 Å². The molecule has 27 heavy (non-hydrogen) atoms. The Morgan fingerprint density at radius 1 is 1.22 bits per heavy atom. The molecule has 0 aliphatic carbocycles. The molecule has 2 aromatic carbocycles. The predicted molar refractivity (Wildman–Crippen MR) is 106 cm³/mol. The maximum Gasteiger partial charge on any atom is 0.272 e. The molecule has 0 spiro atoms. The summed E-state index contributed by atoms with van der Waals surface area (Å²) >= 11 is 0. The summed E-state index contributed by atoms with van der Waals surface area (Å²) < 4.78 is 0. The van der Waals surface area contributed by atoms with E-state index in [1.165, 1.54) is 5.56 Å². The van der Waals surface area contributed by atoms with Crippen LogP contribution in [0.3, 0.4) is 0 Å². The summed E-state index contributed by atoms with van der Waals surface area (Å²) in [5.41, 5.74) is 2.17. The SMILES string of the molecule is CN(CCc1ccccc1[N+](=O)[O-])[C@H](CN1CC[C@H](O)C1)c1ccccc1. The van der Waals surface area contributed by atoms with E-state index in [0.717, 1.165) is 31.6 Å². The lowest BCUT2D eigenvalue weighted by Crippen LogP contribution is -2.36. The van der Waals surface area contributed by atoms with E-state index >= 15 is 0 Å². The van der Waals surface area contributed by atoms with Crippen LogP contribution in [0.25, 0.3) is 0 Å². The van der Waals surface area contributed by atoms with Gasteiger partial charge in [-0.15, -0.1) is 0 Å². The fourth-order valence-corrected chi connectivity index (χ4v) is 3.75. The van der Waals surface area contributed by atoms with Crippen molar-refractivity contribution in [2.75, 3.05) is 33.2 Å². The summed E-state index contributed by atoms with van der Waals surface area (Å²) in [6.07, 6.45) is 1.21. The zero-order chi connectivity index (χ0) is 19.2. The van der Waals surface area contributed by atoms with Gasteiger partial charge in [-0.3, -0.25) is 19.9 Å². The standard InChI is InChI=1S/C21H27N3O3/c1-22(13-11-18-9-5-6-10-20(18)24(26)27)21(17-7-3-2-4-8-17)16-23-14-12-19(25)15-23/h2-10,19,21,25H,11-16H2,1H3/t19-,21+/m0/s1. The maximum absolute atomic E-state index is 11.2. The van der Waals surface area contributed by atoms with Gasteiger partial charge < -0.3 is 5.11 Å². The Hall–Kier alpha value is -2.28. The predicted octanol–water partition coefficient (Wildman–Crippen LogP) is 2.88. The number of aliphatic hydroxyl groups excluding tert-OH is 1. The van der Waals surface area contributed by atoms with Gasteiger partial charge in [0.1, 0.15) is 0 Å². The molecule has 6 heteroatoms. The molecule has 2 aromatic rings. The Labute approximate surface area is 160 Å². The lowest BCUT2D eigenvalue weighted by atomic mass is 10.0. The van der Waals surface area contributed by atoms with Gasteiger partial charge >= 0.3 is 0 Å². The number of hydrogen-bond acceptors (Lipinski definition) is 5. The minimum atomic E-state index is -0.310. The minimum Gasteiger partial charge on any atom is -0.392 e. The zero-order valence-corrected chi connectivity index (χ0v) is 15.7. The van der Waals surface area contributed by atoms with Crippen molar-refractivity contribution < 1.29 is 10.0 Å². The van der Waals surface area contributed by atoms with E-state index in [1.807, 2.05) is 30.3 Å². The topological polar surface area (TPSA) is 69.8 Å². The van der Waals surface area contributed by atoms with Crippen LogP contribution in [-0.4, -0.2) is 59.2 Å². The first-order chi connectivity index (χ1) is 13.0. The van der Waals surface area contributed by atoms with E-state index in [9.17, 15) is 15.2 Å². The highest BCUT2D eigenvalue weighted by molar-refractivity contribution is 5.39. The molecular formula is C21H27N3O3. The first-order valence-corrected chi connectivity index (χ1v) is 9.42. The summed E-state index contributed by atoms with van der Waals surface area (Å²) in [4.78, 5) is 15.5. The Bertz CT molecular complexity index is 753. The number of hydrogen-bond donors (Lipinski definition) is 1. The molecule has 2 atom stereocenters. The number of nitro groups is 1. The Kier molecular flexibility index (Phi) is 6.55. The highest BCUT2D eigenvalue weighted by Crippen LogP contribution is 2.24. The third-order valence-electron chi connectivity index (χ3n) is 5.32. The van der Waals surface area contributed by atoms with Gasteiger partial charge in [0, 0.05) is 43.9 Å². The van der Waals surface area contributed by atoms with E-state index in [0.29, 0.717) is 13.0 Å². The monoisotopic (exact) mass is 369 g/mol. The minimum absolute atomic E-state index is 0.180. The van der Waals surface area contributed by atoms with E-state index in [-0.39, 0.29) is 22.8 Å². The molecule has 1 saturated heterocycles. The van der Waals surface area contributed by atoms with Gasteiger partial charge in [-0.2, -0.15) is 0 Å². The number of rotatable bonds is 8. The Balaban J connectivity index is 1.71. The van der Waals surface area contributed by atoms with Crippen LogP contribution in [0.5, 0.6) is 0 Å². The third kappa shape index (κ3) is 5.13. The Morgan fingerprint density at radius 2 is 1.93 bits per heavy atom. The number of benzene rings is 2. The van der Waals surface area contributed by atoms with Gasteiger partial charge in [0.2, 0.25) is 0 Å². The van der Waals surface area contributed by atoms with E-state index < -0.39 is 0 Å². The van der Waals surface area contributed by atoms with Gasteiger partial charge in [0.25, 0.3) is 5.69 Å². The number of para-hydroxylation sites is 1. The average molecular weight is 369 g/mol. The molecule has 0 bridgehead atoms. The van der Waals surface area contributed by atoms with Crippen LogP contribution in [-0.2, 0) is 6.42 Å². The molecule has 1 aliphatic rings. The van der Waals surface area contributed by atoms with Gasteiger partial charge in [0.05, 0.1) is 11.0 Å². The maximum atomic E-state index is 11.2. The zero-order valence-electron chi connectivity index (χ0n) is 15.7. The lowest BCUT2D eigenvalue weighted by molar-refractivity contribution is -0.385. The molecule has 0 amide bonds. The molecule has 1 N–H and O–H groups in total. The van der Waals surface area contributed by atoms with Gasteiger partial charge in [-0.25, -0.2) is 0 Å². The molecule has 1 aliphatic heterocycles. The van der Waals surface area contributed by atoms with Crippen LogP contribution < -0.4 is 0 Å².